The Labute approximate surface area is 182 Å². The van der Waals surface area contributed by atoms with E-state index >= 15 is 0 Å². The van der Waals surface area contributed by atoms with Crippen LogP contribution in [0.4, 0.5) is 5.69 Å². The molecule has 0 spiro atoms. The molecular formula is C24H28N2O5. The molecule has 0 saturated heterocycles. The third-order valence-corrected chi connectivity index (χ3v) is 4.90. The van der Waals surface area contributed by atoms with Crippen LogP contribution >= 0.6 is 0 Å². The minimum atomic E-state index is -0.450. The molecule has 164 valence electrons. The molecule has 0 atom stereocenters. The van der Waals surface area contributed by atoms with Crippen LogP contribution in [0.5, 0.6) is 11.5 Å². The average molecular weight is 424 g/mol. The van der Waals surface area contributed by atoms with Crippen molar-refractivity contribution in [2.24, 2.45) is 0 Å². The Kier molecular flexibility index (Phi) is 7.31. The lowest BCUT2D eigenvalue weighted by molar-refractivity contribution is -0.120. The van der Waals surface area contributed by atoms with Gasteiger partial charge in [-0.25, -0.2) is 4.90 Å². The molecule has 0 bridgehead atoms. The minimum Gasteiger partial charge on any atom is -0.494 e. The second-order valence-corrected chi connectivity index (χ2v) is 7.09. The molecule has 0 aliphatic carbocycles. The van der Waals surface area contributed by atoms with Gasteiger partial charge in [-0.2, -0.15) is 0 Å². The van der Waals surface area contributed by atoms with Crippen molar-refractivity contribution in [2.75, 3.05) is 38.3 Å². The molecule has 1 aliphatic rings. The lowest BCUT2D eigenvalue weighted by Crippen LogP contribution is -2.35. The standard InChI is InChI=1S/C24H28N2O5/c1-4-16-31-18-12-10-17(11-13-18)21-22(25(3)14-15-27)24(29)26(23(21)28)19-8-6-7-9-20(19)30-5-2/h6-13,27H,4-5,14-16H2,1-3H3. The molecule has 0 unspecified atom stereocenters. The molecular weight excluding hydrogens is 396 g/mol. The summed E-state index contributed by atoms with van der Waals surface area (Å²) in [4.78, 5) is 29.7. The SMILES string of the molecule is CCCOc1ccc(C2=C(N(C)CCO)C(=O)N(c3ccccc3OCC)C2=O)cc1. The first kappa shape index (κ1) is 22.4. The van der Waals surface area contributed by atoms with E-state index in [0.29, 0.717) is 36.0 Å². The largest absolute Gasteiger partial charge is 0.494 e. The van der Waals surface area contributed by atoms with Gasteiger partial charge in [0, 0.05) is 13.6 Å². The maximum atomic E-state index is 13.5. The molecule has 3 rings (SSSR count). The van der Waals surface area contributed by atoms with Crippen LogP contribution < -0.4 is 14.4 Å². The normalized spacial score (nSPS) is 13.7. The summed E-state index contributed by atoms with van der Waals surface area (Å²) in [5.74, 6) is 0.279. The van der Waals surface area contributed by atoms with Gasteiger partial charge in [-0.1, -0.05) is 31.2 Å². The molecule has 7 nitrogen and oxygen atoms in total. The minimum absolute atomic E-state index is 0.145. The summed E-state index contributed by atoms with van der Waals surface area (Å²) in [6.07, 6.45) is 0.893. The lowest BCUT2D eigenvalue weighted by atomic mass is 10.0. The Balaban J connectivity index is 2.06. The van der Waals surface area contributed by atoms with Crippen LogP contribution in [0.1, 0.15) is 25.8 Å². The predicted octanol–water partition coefficient (Wildman–Crippen LogP) is 3.08. The first-order chi connectivity index (χ1) is 15.0. The quantitative estimate of drug-likeness (QED) is 0.591. The Bertz CT molecular complexity index is 968. The zero-order valence-corrected chi connectivity index (χ0v) is 18.1. The van der Waals surface area contributed by atoms with Gasteiger partial charge in [0.05, 0.1) is 31.1 Å². The first-order valence-electron chi connectivity index (χ1n) is 10.4. The number of anilines is 1. The average Bonchev–Trinajstić information content (AvgIpc) is 3.03. The highest BCUT2D eigenvalue weighted by Crippen LogP contribution is 2.38. The van der Waals surface area contributed by atoms with Crippen molar-refractivity contribution in [1.29, 1.82) is 0 Å². The van der Waals surface area contributed by atoms with E-state index in [1.807, 2.05) is 13.8 Å². The zero-order valence-electron chi connectivity index (χ0n) is 18.1. The number of nitrogens with zero attached hydrogens (tertiary/aromatic N) is 2. The molecule has 2 aromatic carbocycles. The number of carbonyl (C=O) groups excluding carboxylic acids is 2. The van der Waals surface area contributed by atoms with Crippen LogP contribution in [0.3, 0.4) is 0 Å². The fourth-order valence-electron chi connectivity index (χ4n) is 3.47. The third kappa shape index (κ3) is 4.56. The van der Waals surface area contributed by atoms with Gasteiger partial charge in [0.2, 0.25) is 0 Å². The number of aliphatic hydroxyl groups is 1. The Morgan fingerprint density at radius 1 is 0.968 bits per heavy atom. The molecule has 0 aromatic heterocycles. The molecule has 31 heavy (non-hydrogen) atoms. The number of imide groups is 1. The van der Waals surface area contributed by atoms with E-state index in [0.717, 1.165) is 11.3 Å². The number of para-hydroxylation sites is 2. The van der Waals surface area contributed by atoms with Crippen molar-refractivity contribution in [3.05, 3.63) is 59.8 Å². The van der Waals surface area contributed by atoms with E-state index in [2.05, 4.69) is 0 Å². The third-order valence-electron chi connectivity index (χ3n) is 4.90. The molecule has 2 amide bonds. The maximum Gasteiger partial charge on any atom is 0.282 e. The van der Waals surface area contributed by atoms with Crippen molar-refractivity contribution in [3.8, 4) is 11.5 Å². The molecule has 1 N–H and O–H groups in total. The number of hydrogen-bond acceptors (Lipinski definition) is 6. The van der Waals surface area contributed by atoms with Gasteiger partial charge < -0.3 is 19.5 Å². The monoisotopic (exact) mass is 424 g/mol. The van der Waals surface area contributed by atoms with Crippen LogP contribution in [-0.2, 0) is 9.59 Å². The van der Waals surface area contributed by atoms with Crippen molar-refractivity contribution < 1.29 is 24.2 Å². The Morgan fingerprint density at radius 3 is 2.32 bits per heavy atom. The summed E-state index contributed by atoms with van der Waals surface area (Å²) in [6, 6.07) is 14.1. The highest BCUT2D eigenvalue weighted by Gasteiger charge is 2.42. The topological polar surface area (TPSA) is 79.3 Å². The molecule has 2 aromatic rings. The van der Waals surface area contributed by atoms with E-state index in [9.17, 15) is 14.7 Å². The zero-order chi connectivity index (χ0) is 22.4. The number of amides is 2. The Hall–Kier alpha value is -3.32. The summed E-state index contributed by atoms with van der Waals surface area (Å²) in [6.45, 7) is 4.96. The van der Waals surface area contributed by atoms with Crippen molar-refractivity contribution in [3.63, 3.8) is 0 Å². The second-order valence-electron chi connectivity index (χ2n) is 7.09. The van der Waals surface area contributed by atoms with Crippen molar-refractivity contribution in [1.82, 2.24) is 4.90 Å². The number of benzene rings is 2. The highest BCUT2D eigenvalue weighted by molar-refractivity contribution is 6.45. The van der Waals surface area contributed by atoms with E-state index < -0.39 is 11.8 Å². The first-order valence-corrected chi connectivity index (χ1v) is 10.4. The summed E-state index contributed by atoms with van der Waals surface area (Å²) in [5, 5.41) is 9.41. The summed E-state index contributed by atoms with van der Waals surface area (Å²) in [5.41, 5.74) is 1.53. The van der Waals surface area contributed by atoms with Gasteiger partial charge >= 0.3 is 0 Å². The van der Waals surface area contributed by atoms with E-state index in [4.69, 9.17) is 9.47 Å². The van der Waals surface area contributed by atoms with E-state index in [-0.39, 0.29) is 24.4 Å². The molecule has 7 heteroatoms. The number of ether oxygens (including phenoxy) is 2. The van der Waals surface area contributed by atoms with Gasteiger partial charge in [0.15, 0.2) is 0 Å². The summed E-state index contributed by atoms with van der Waals surface area (Å²) < 4.78 is 11.3. The molecule has 0 saturated carbocycles. The number of aliphatic hydroxyl groups excluding tert-OH is 1. The molecule has 1 heterocycles. The van der Waals surface area contributed by atoms with Crippen LogP contribution in [-0.4, -0.2) is 55.2 Å². The van der Waals surface area contributed by atoms with Crippen LogP contribution in [0, 0.1) is 0 Å². The fourth-order valence-corrected chi connectivity index (χ4v) is 3.47. The van der Waals surface area contributed by atoms with E-state index in [1.54, 1.807) is 60.5 Å². The lowest BCUT2D eigenvalue weighted by Gasteiger charge is -2.21. The van der Waals surface area contributed by atoms with Crippen LogP contribution in [0.2, 0.25) is 0 Å². The van der Waals surface area contributed by atoms with Gasteiger partial charge in [0.1, 0.15) is 17.2 Å². The van der Waals surface area contributed by atoms with Crippen molar-refractivity contribution >= 4 is 23.1 Å². The van der Waals surface area contributed by atoms with Gasteiger partial charge in [-0.05, 0) is 43.2 Å². The molecule has 0 fully saturated rings. The van der Waals surface area contributed by atoms with E-state index in [1.165, 1.54) is 0 Å². The second kappa shape index (κ2) is 10.1. The summed E-state index contributed by atoms with van der Waals surface area (Å²) >= 11 is 0. The van der Waals surface area contributed by atoms with Gasteiger partial charge in [-0.15, -0.1) is 0 Å². The predicted molar refractivity (Wildman–Crippen MR) is 119 cm³/mol. The fraction of sp³-hybridized carbons (Fsp3) is 0.333. The molecule has 1 aliphatic heterocycles. The Morgan fingerprint density at radius 2 is 1.68 bits per heavy atom. The van der Waals surface area contributed by atoms with Crippen LogP contribution in [0.15, 0.2) is 54.2 Å². The van der Waals surface area contributed by atoms with Crippen LogP contribution in [0.25, 0.3) is 5.57 Å². The van der Waals surface area contributed by atoms with Crippen molar-refractivity contribution in [2.45, 2.75) is 20.3 Å². The number of carbonyl (C=O) groups is 2. The smallest absolute Gasteiger partial charge is 0.282 e. The number of rotatable bonds is 10. The number of hydrogen-bond donors (Lipinski definition) is 1. The summed E-state index contributed by atoms with van der Waals surface area (Å²) in [7, 11) is 1.69. The maximum absolute atomic E-state index is 13.5. The van der Waals surface area contributed by atoms with Gasteiger partial charge in [-0.3, -0.25) is 9.59 Å². The highest BCUT2D eigenvalue weighted by atomic mass is 16.5. The number of likely N-dealkylation sites (N-methyl/N-ethyl adjacent to an activating group) is 1. The van der Waals surface area contributed by atoms with Gasteiger partial charge in [0.25, 0.3) is 11.8 Å². The molecule has 0 radical (unpaired) electrons.